The van der Waals surface area contributed by atoms with Crippen molar-refractivity contribution >= 4 is 5.96 Å². The summed E-state index contributed by atoms with van der Waals surface area (Å²) in [5.41, 5.74) is 5.36. The van der Waals surface area contributed by atoms with E-state index in [2.05, 4.69) is 17.2 Å². The molecule has 0 aromatic rings. The number of rotatable bonds is 0. The number of nitrogens with one attached hydrogen (secondary N) is 1. The fourth-order valence-corrected chi connectivity index (χ4v) is 0.749. The molecule has 0 unspecified atom stereocenters. The maximum absolute atomic E-state index is 5.36. The topological polar surface area (TPSA) is 50.4 Å². The fraction of sp³-hybridized carbons (Fsp3) is 0.800. The molecule has 0 saturated heterocycles. The maximum atomic E-state index is 5.36. The van der Waals surface area contributed by atoms with Crippen LogP contribution in [-0.4, -0.2) is 18.5 Å². The summed E-state index contributed by atoms with van der Waals surface area (Å²) < 4.78 is 0. The van der Waals surface area contributed by atoms with Gasteiger partial charge in [-0.05, 0) is 13.3 Å². The third kappa shape index (κ3) is 1.12. The maximum Gasteiger partial charge on any atom is 0.188 e. The summed E-state index contributed by atoms with van der Waals surface area (Å²) in [6.45, 7) is 2.97. The first-order valence-corrected chi connectivity index (χ1v) is 2.85. The molecule has 3 heteroatoms. The molecular formula is C5H11N3. The third-order valence-electron chi connectivity index (χ3n) is 1.24. The Kier molecular flexibility index (Phi) is 1.37. The van der Waals surface area contributed by atoms with Crippen LogP contribution in [0.4, 0.5) is 0 Å². The van der Waals surface area contributed by atoms with Crippen LogP contribution in [0.1, 0.15) is 13.3 Å². The van der Waals surface area contributed by atoms with Crippen LogP contribution in [0.2, 0.25) is 0 Å². The van der Waals surface area contributed by atoms with E-state index < -0.39 is 0 Å². The Morgan fingerprint density at radius 1 is 1.88 bits per heavy atom. The van der Waals surface area contributed by atoms with Gasteiger partial charge in [0.25, 0.3) is 0 Å². The van der Waals surface area contributed by atoms with Gasteiger partial charge in [0, 0.05) is 12.6 Å². The number of nitrogens with zero attached hydrogens (tertiary/aromatic N) is 1. The SMILES string of the molecule is C[C@@H]1CCN=C(N)N1. The molecule has 0 saturated carbocycles. The third-order valence-corrected chi connectivity index (χ3v) is 1.24. The molecule has 0 amide bonds. The Balaban J connectivity index is 2.45. The molecule has 0 aliphatic carbocycles. The predicted molar refractivity (Wildman–Crippen MR) is 33.7 cm³/mol. The van der Waals surface area contributed by atoms with E-state index in [0.29, 0.717) is 12.0 Å². The molecular weight excluding hydrogens is 102 g/mol. The highest BCUT2D eigenvalue weighted by Crippen LogP contribution is 1.94. The standard InChI is InChI=1S/C5H11N3/c1-4-2-3-7-5(6)8-4/h4H,2-3H2,1H3,(H3,6,7,8)/t4-/m1/s1. The first-order chi connectivity index (χ1) is 3.79. The van der Waals surface area contributed by atoms with Crippen molar-refractivity contribution in [3.8, 4) is 0 Å². The largest absolute Gasteiger partial charge is 0.370 e. The average molecular weight is 113 g/mol. The lowest BCUT2D eigenvalue weighted by molar-refractivity contribution is 0.584. The second kappa shape index (κ2) is 2.03. The number of hydrogen-bond acceptors (Lipinski definition) is 3. The van der Waals surface area contributed by atoms with E-state index in [4.69, 9.17) is 5.73 Å². The highest BCUT2D eigenvalue weighted by atomic mass is 15.1. The Labute approximate surface area is 49.0 Å². The molecule has 1 rings (SSSR count). The summed E-state index contributed by atoms with van der Waals surface area (Å²) in [6, 6.07) is 0.507. The van der Waals surface area contributed by atoms with Crippen LogP contribution in [-0.2, 0) is 0 Å². The van der Waals surface area contributed by atoms with Crippen molar-refractivity contribution < 1.29 is 0 Å². The second-order valence-electron chi connectivity index (χ2n) is 2.10. The van der Waals surface area contributed by atoms with Crippen molar-refractivity contribution in [2.75, 3.05) is 6.54 Å². The molecule has 0 aromatic carbocycles. The molecule has 0 aromatic heterocycles. The molecule has 1 aliphatic rings. The molecule has 3 nitrogen and oxygen atoms in total. The number of hydrogen-bond donors (Lipinski definition) is 2. The van der Waals surface area contributed by atoms with E-state index in [1.165, 1.54) is 0 Å². The van der Waals surface area contributed by atoms with E-state index >= 15 is 0 Å². The zero-order chi connectivity index (χ0) is 5.98. The highest BCUT2D eigenvalue weighted by molar-refractivity contribution is 5.78. The van der Waals surface area contributed by atoms with Crippen LogP contribution < -0.4 is 11.1 Å². The van der Waals surface area contributed by atoms with Crippen molar-refractivity contribution in [2.45, 2.75) is 19.4 Å². The quantitative estimate of drug-likeness (QED) is 0.452. The van der Waals surface area contributed by atoms with Crippen molar-refractivity contribution in [1.82, 2.24) is 5.32 Å². The van der Waals surface area contributed by atoms with Gasteiger partial charge in [-0.15, -0.1) is 0 Å². The van der Waals surface area contributed by atoms with E-state index in [0.717, 1.165) is 13.0 Å². The Morgan fingerprint density at radius 2 is 2.62 bits per heavy atom. The van der Waals surface area contributed by atoms with Crippen molar-refractivity contribution in [3.63, 3.8) is 0 Å². The minimum Gasteiger partial charge on any atom is -0.370 e. The molecule has 0 spiro atoms. The summed E-state index contributed by atoms with van der Waals surface area (Å²) in [5, 5.41) is 3.01. The van der Waals surface area contributed by atoms with Crippen LogP contribution in [0.15, 0.2) is 4.99 Å². The Morgan fingerprint density at radius 3 is 3.00 bits per heavy atom. The molecule has 3 N–H and O–H groups in total. The van der Waals surface area contributed by atoms with Gasteiger partial charge in [-0.2, -0.15) is 0 Å². The smallest absolute Gasteiger partial charge is 0.188 e. The summed E-state index contributed by atoms with van der Waals surface area (Å²) in [7, 11) is 0. The van der Waals surface area contributed by atoms with E-state index in [1.807, 2.05) is 0 Å². The van der Waals surface area contributed by atoms with Crippen LogP contribution >= 0.6 is 0 Å². The van der Waals surface area contributed by atoms with Gasteiger partial charge < -0.3 is 11.1 Å². The van der Waals surface area contributed by atoms with E-state index in [9.17, 15) is 0 Å². The van der Waals surface area contributed by atoms with E-state index in [-0.39, 0.29) is 0 Å². The molecule has 0 bridgehead atoms. The lowest BCUT2D eigenvalue weighted by Gasteiger charge is -2.17. The average Bonchev–Trinajstić information content (AvgIpc) is 1.64. The minimum atomic E-state index is 0.507. The van der Waals surface area contributed by atoms with Gasteiger partial charge in [-0.1, -0.05) is 0 Å². The summed E-state index contributed by atoms with van der Waals surface area (Å²) in [6.07, 6.45) is 1.10. The van der Waals surface area contributed by atoms with Gasteiger partial charge in [0.2, 0.25) is 0 Å². The first-order valence-electron chi connectivity index (χ1n) is 2.85. The molecule has 1 atom stereocenters. The minimum absolute atomic E-state index is 0.507. The molecule has 0 radical (unpaired) electrons. The zero-order valence-electron chi connectivity index (χ0n) is 5.02. The van der Waals surface area contributed by atoms with Crippen LogP contribution in [0.5, 0.6) is 0 Å². The second-order valence-corrected chi connectivity index (χ2v) is 2.10. The van der Waals surface area contributed by atoms with Gasteiger partial charge in [0.05, 0.1) is 0 Å². The highest BCUT2D eigenvalue weighted by Gasteiger charge is 2.05. The monoisotopic (exact) mass is 113 g/mol. The number of guanidine groups is 1. The van der Waals surface area contributed by atoms with Gasteiger partial charge in [0.1, 0.15) is 0 Å². The van der Waals surface area contributed by atoms with Gasteiger partial charge in [0.15, 0.2) is 5.96 Å². The fourth-order valence-electron chi connectivity index (χ4n) is 0.749. The molecule has 8 heavy (non-hydrogen) atoms. The lowest BCUT2D eigenvalue weighted by Crippen LogP contribution is -2.41. The van der Waals surface area contributed by atoms with Crippen molar-refractivity contribution in [1.29, 1.82) is 0 Å². The van der Waals surface area contributed by atoms with Crippen LogP contribution in [0, 0.1) is 0 Å². The van der Waals surface area contributed by atoms with Crippen molar-refractivity contribution in [2.24, 2.45) is 10.7 Å². The summed E-state index contributed by atoms with van der Waals surface area (Å²) in [5.74, 6) is 0.587. The lowest BCUT2D eigenvalue weighted by atomic mass is 10.2. The molecule has 0 fully saturated rings. The first kappa shape index (κ1) is 5.41. The van der Waals surface area contributed by atoms with Gasteiger partial charge >= 0.3 is 0 Å². The van der Waals surface area contributed by atoms with Crippen molar-refractivity contribution in [3.05, 3.63) is 0 Å². The Hall–Kier alpha value is -0.730. The van der Waals surface area contributed by atoms with E-state index in [1.54, 1.807) is 0 Å². The normalized spacial score (nSPS) is 28.6. The molecule has 1 heterocycles. The predicted octanol–water partition coefficient (Wildman–Crippen LogP) is -0.317. The number of aliphatic imine (C=N–C) groups is 1. The number of nitrogens with two attached hydrogens (primary N) is 1. The molecule has 1 aliphatic heterocycles. The van der Waals surface area contributed by atoms with Crippen LogP contribution in [0.25, 0.3) is 0 Å². The van der Waals surface area contributed by atoms with Gasteiger partial charge in [-0.25, -0.2) is 0 Å². The van der Waals surface area contributed by atoms with Crippen LogP contribution in [0.3, 0.4) is 0 Å². The van der Waals surface area contributed by atoms with Gasteiger partial charge in [-0.3, -0.25) is 4.99 Å². The Bertz CT molecular complexity index is 108. The summed E-state index contributed by atoms with van der Waals surface area (Å²) in [4.78, 5) is 3.96. The summed E-state index contributed by atoms with van der Waals surface area (Å²) >= 11 is 0. The zero-order valence-corrected chi connectivity index (χ0v) is 5.02. The molecule has 46 valence electrons.